The third-order valence-electron chi connectivity index (χ3n) is 4.38. The number of carbonyl (C=O) groups is 1. The van der Waals surface area contributed by atoms with Crippen molar-refractivity contribution in [3.63, 3.8) is 0 Å². The van der Waals surface area contributed by atoms with Gasteiger partial charge in [-0.2, -0.15) is 0 Å². The standard InChI is InChI=1S/C14H20N4O2S/c19-13(20)12-6-10-11(16-8-15-10)7-18(12)14(21)17-9-4-2-1-3-5-9/h8-9,12H,1-7H2,(H,15,16)(H,17,21)(H,19,20). The molecule has 2 heterocycles. The van der Waals surface area contributed by atoms with Crippen LogP contribution in [0.15, 0.2) is 6.33 Å². The van der Waals surface area contributed by atoms with Crippen molar-refractivity contribution in [2.24, 2.45) is 0 Å². The Labute approximate surface area is 128 Å². The number of aliphatic carboxylic acids is 1. The summed E-state index contributed by atoms with van der Waals surface area (Å²) >= 11 is 5.47. The molecular weight excluding hydrogens is 288 g/mol. The summed E-state index contributed by atoms with van der Waals surface area (Å²) in [5.41, 5.74) is 1.79. The van der Waals surface area contributed by atoms with E-state index in [4.69, 9.17) is 12.2 Å². The Morgan fingerprint density at radius 2 is 2.19 bits per heavy atom. The van der Waals surface area contributed by atoms with E-state index in [1.165, 1.54) is 19.3 Å². The lowest BCUT2D eigenvalue weighted by atomic mass is 9.95. The Morgan fingerprint density at radius 1 is 1.43 bits per heavy atom. The van der Waals surface area contributed by atoms with Crippen LogP contribution in [0.4, 0.5) is 0 Å². The molecule has 0 saturated heterocycles. The van der Waals surface area contributed by atoms with Crippen LogP contribution in [0.25, 0.3) is 0 Å². The van der Waals surface area contributed by atoms with E-state index in [0.29, 0.717) is 24.1 Å². The van der Waals surface area contributed by atoms with Crippen molar-refractivity contribution < 1.29 is 9.90 Å². The highest BCUT2D eigenvalue weighted by Crippen LogP contribution is 2.22. The number of hydrogen-bond donors (Lipinski definition) is 3. The summed E-state index contributed by atoms with van der Waals surface area (Å²) in [7, 11) is 0. The molecule has 1 saturated carbocycles. The fraction of sp³-hybridized carbons (Fsp3) is 0.643. The second-order valence-electron chi connectivity index (χ2n) is 5.80. The smallest absolute Gasteiger partial charge is 0.326 e. The van der Waals surface area contributed by atoms with Crippen LogP contribution in [0.2, 0.25) is 0 Å². The number of nitrogens with zero attached hydrogens (tertiary/aromatic N) is 2. The van der Waals surface area contributed by atoms with Gasteiger partial charge in [0.05, 0.1) is 24.3 Å². The zero-order valence-electron chi connectivity index (χ0n) is 11.8. The number of aromatic nitrogens is 2. The molecule has 114 valence electrons. The van der Waals surface area contributed by atoms with Gasteiger partial charge in [-0.15, -0.1) is 0 Å². The minimum absolute atomic E-state index is 0.379. The molecule has 1 fully saturated rings. The Bertz CT molecular complexity index is 539. The quantitative estimate of drug-likeness (QED) is 0.717. The molecule has 1 aliphatic heterocycles. The lowest BCUT2D eigenvalue weighted by Crippen LogP contribution is -2.54. The maximum Gasteiger partial charge on any atom is 0.326 e. The second kappa shape index (κ2) is 6.01. The van der Waals surface area contributed by atoms with Gasteiger partial charge < -0.3 is 20.3 Å². The first-order chi connectivity index (χ1) is 10.1. The monoisotopic (exact) mass is 308 g/mol. The van der Waals surface area contributed by atoms with Gasteiger partial charge in [0, 0.05) is 12.5 Å². The van der Waals surface area contributed by atoms with Gasteiger partial charge in [0.1, 0.15) is 6.04 Å². The zero-order chi connectivity index (χ0) is 14.8. The molecule has 2 aliphatic rings. The highest BCUT2D eigenvalue weighted by molar-refractivity contribution is 7.80. The Kier molecular flexibility index (Phi) is 4.10. The van der Waals surface area contributed by atoms with Crippen LogP contribution in [0.1, 0.15) is 43.5 Å². The van der Waals surface area contributed by atoms with Gasteiger partial charge in [-0.1, -0.05) is 19.3 Å². The van der Waals surface area contributed by atoms with E-state index >= 15 is 0 Å². The summed E-state index contributed by atoms with van der Waals surface area (Å²) in [4.78, 5) is 20.6. The first-order valence-electron chi connectivity index (χ1n) is 7.46. The van der Waals surface area contributed by atoms with Crippen molar-refractivity contribution in [2.45, 2.75) is 57.2 Å². The molecule has 1 atom stereocenters. The Morgan fingerprint density at radius 3 is 2.90 bits per heavy atom. The lowest BCUT2D eigenvalue weighted by molar-refractivity contribution is -0.142. The van der Waals surface area contributed by atoms with Gasteiger partial charge in [-0.05, 0) is 25.1 Å². The summed E-state index contributed by atoms with van der Waals surface area (Å²) in [5, 5.41) is 13.4. The summed E-state index contributed by atoms with van der Waals surface area (Å²) in [6.07, 6.45) is 7.94. The van der Waals surface area contributed by atoms with E-state index in [1.54, 1.807) is 11.2 Å². The predicted octanol–water partition coefficient (Wildman–Crippen LogP) is 1.43. The number of carboxylic acids is 1. The van der Waals surface area contributed by atoms with E-state index in [2.05, 4.69) is 15.3 Å². The second-order valence-corrected chi connectivity index (χ2v) is 6.18. The zero-order valence-corrected chi connectivity index (χ0v) is 12.7. The first-order valence-corrected chi connectivity index (χ1v) is 7.87. The number of aromatic amines is 1. The molecule has 0 bridgehead atoms. The van der Waals surface area contributed by atoms with Crippen LogP contribution < -0.4 is 5.32 Å². The highest BCUT2D eigenvalue weighted by Gasteiger charge is 2.35. The molecule has 6 nitrogen and oxygen atoms in total. The average Bonchev–Trinajstić information content (AvgIpc) is 2.94. The molecule has 0 amide bonds. The van der Waals surface area contributed by atoms with Crippen molar-refractivity contribution in [1.82, 2.24) is 20.2 Å². The number of nitrogens with one attached hydrogen (secondary N) is 2. The third-order valence-corrected chi connectivity index (χ3v) is 4.73. The van der Waals surface area contributed by atoms with Crippen LogP contribution in [0, 0.1) is 0 Å². The molecular formula is C14H20N4O2S. The van der Waals surface area contributed by atoms with Crippen LogP contribution >= 0.6 is 12.2 Å². The van der Waals surface area contributed by atoms with Crippen molar-refractivity contribution >= 4 is 23.3 Å². The van der Waals surface area contributed by atoms with Gasteiger partial charge in [0.25, 0.3) is 0 Å². The minimum Gasteiger partial charge on any atom is -0.480 e. The number of thiocarbonyl (C=S) groups is 1. The summed E-state index contributed by atoms with van der Waals surface area (Å²) in [6, 6.07) is -0.256. The van der Waals surface area contributed by atoms with Gasteiger partial charge in [-0.25, -0.2) is 9.78 Å². The molecule has 21 heavy (non-hydrogen) atoms. The van der Waals surface area contributed by atoms with Crippen LogP contribution in [0.3, 0.4) is 0 Å². The number of imidazole rings is 1. The molecule has 1 unspecified atom stereocenters. The minimum atomic E-state index is -0.851. The maximum atomic E-state index is 11.5. The maximum absolute atomic E-state index is 11.5. The molecule has 0 radical (unpaired) electrons. The third kappa shape index (κ3) is 3.02. The van der Waals surface area contributed by atoms with Gasteiger partial charge in [0.15, 0.2) is 5.11 Å². The Balaban J connectivity index is 1.72. The molecule has 7 heteroatoms. The van der Waals surface area contributed by atoms with Gasteiger partial charge in [-0.3, -0.25) is 0 Å². The van der Waals surface area contributed by atoms with E-state index in [-0.39, 0.29) is 0 Å². The van der Waals surface area contributed by atoms with E-state index < -0.39 is 12.0 Å². The van der Waals surface area contributed by atoms with Gasteiger partial charge in [0.2, 0.25) is 0 Å². The molecule has 1 aliphatic carbocycles. The van der Waals surface area contributed by atoms with E-state index in [1.807, 2.05) is 0 Å². The number of rotatable bonds is 2. The van der Waals surface area contributed by atoms with Crippen LogP contribution in [0.5, 0.6) is 0 Å². The number of fused-ring (bicyclic) bond motifs is 1. The predicted molar refractivity (Wildman–Crippen MR) is 81.9 cm³/mol. The fourth-order valence-electron chi connectivity index (χ4n) is 3.17. The molecule has 1 aromatic heterocycles. The molecule has 3 rings (SSSR count). The number of hydrogen-bond acceptors (Lipinski definition) is 3. The summed E-state index contributed by atoms with van der Waals surface area (Å²) < 4.78 is 0. The van der Waals surface area contributed by atoms with Gasteiger partial charge >= 0.3 is 5.97 Å². The van der Waals surface area contributed by atoms with E-state index in [9.17, 15) is 9.90 Å². The van der Waals surface area contributed by atoms with Crippen molar-refractivity contribution in [3.8, 4) is 0 Å². The summed E-state index contributed by atoms with van der Waals surface area (Å²) in [6.45, 7) is 0.477. The fourth-order valence-corrected chi connectivity index (χ4v) is 3.53. The Hall–Kier alpha value is -1.63. The average molecular weight is 308 g/mol. The van der Waals surface area contributed by atoms with Crippen molar-refractivity contribution in [2.75, 3.05) is 0 Å². The van der Waals surface area contributed by atoms with Crippen molar-refractivity contribution in [1.29, 1.82) is 0 Å². The van der Waals surface area contributed by atoms with E-state index in [0.717, 1.165) is 24.2 Å². The molecule has 0 spiro atoms. The van der Waals surface area contributed by atoms with Crippen LogP contribution in [-0.4, -0.2) is 43.1 Å². The SMILES string of the molecule is O=C(O)C1Cc2nc[nH]c2CN1C(=S)NC1CCCCC1. The van der Waals surface area contributed by atoms with Crippen molar-refractivity contribution in [3.05, 3.63) is 17.7 Å². The first kappa shape index (κ1) is 14.3. The number of carboxylic acid groups (broad SMARTS) is 1. The van der Waals surface area contributed by atoms with Crippen LogP contribution in [-0.2, 0) is 17.8 Å². The molecule has 0 aromatic carbocycles. The summed E-state index contributed by atoms with van der Waals surface area (Å²) in [5.74, 6) is -0.851. The normalized spacial score (nSPS) is 22.7. The molecule has 1 aromatic rings. The number of H-pyrrole nitrogens is 1. The topological polar surface area (TPSA) is 81.2 Å². The largest absolute Gasteiger partial charge is 0.480 e. The highest BCUT2D eigenvalue weighted by atomic mass is 32.1. The lowest BCUT2D eigenvalue weighted by Gasteiger charge is -2.36. The molecule has 3 N–H and O–H groups in total.